The van der Waals surface area contributed by atoms with Crippen molar-refractivity contribution < 1.29 is 22.5 Å². The van der Waals surface area contributed by atoms with Crippen LogP contribution in [0.2, 0.25) is 19.6 Å². The summed E-state index contributed by atoms with van der Waals surface area (Å²) in [6, 6.07) is 5.11. The quantitative estimate of drug-likeness (QED) is 0.535. The molecule has 1 aliphatic rings. The number of imidazole rings is 1. The normalized spacial score (nSPS) is 17.8. The average molecular weight is 425 g/mol. The number of ether oxygens (including phenoxy) is 1. The Labute approximate surface area is 165 Å². The van der Waals surface area contributed by atoms with Crippen LogP contribution in [-0.2, 0) is 32.3 Å². The smallest absolute Gasteiger partial charge is 0.261 e. The van der Waals surface area contributed by atoms with Crippen LogP contribution in [0.25, 0.3) is 0 Å². The van der Waals surface area contributed by atoms with Gasteiger partial charge in [-0.05, 0) is 43.9 Å². The Hall–Kier alpha value is -2.21. The zero-order chi connectivity index (χ0) is 20.5. The van der Waals surface area contributed by atoms with Gasteiger partial charge in [-0.2, -0.15) is 4.31 Å². The molecule has 0 radical (unpaired) electrons. The molecule has 11 heteroatoms. The van der Waals surface area contributed by atoms with E-state index in [4.69, 9.17) is 9.26 Å². The number of amides is 1. The number of nitrogens with one attached hydrogen (secondary N) is 2. The molecule has 1 aromatic carbocycles. The SMILES string of the molecule is COc1ccc(S(=O)(=O)N2Cc3[nH]cnc3C[C@@H]2C(=O)NO[Si](C)(C)C)cc1. The van der Waals surface area contributed by atoms with E-state index in [1.807, 2.05) is 19.6 Å². The predicted octanol–water partition coefficient (Wildman–Crippen LogP) is 1.42. The molecule has 1 amide bonds. The standard InChI is InChI=1S/C17H24N4O5SSi/c1-25-12-5-7-13(8-6-12)27(23,24)21-10-15-14(18-11-19-15)9-16(21)17(22)20-26-28(2,3)4/h5-8,11,16H,9-10H2,1-4H3,(H,18,19)(H,20,22)/t16-/m1/s1. The molecule has 0 spiro atoms. The number of carbonyl (C=O) groups is 1. The summed E-state index contributed by atoms with van der Waals surface area (Å²) >= 11 is 0. The zero-order valence-electron chi connectivity index (χ0n) is 16.2. The number of hydroxylamine groups is 1. The van der Waals surface area contributed by atoms with E-state index in [0.29, 0.717) is 17.1 Å². The van der Waals surface area contributed by atoms with Crippen LogP contribution in [-0.4, -0.2) is 50.1 Å². The molecule has 2 N–H and O–H groups in total. The summed E-state index contributed by atoms with van der Waals surface area (Å²) in [4.78, 5) is 20.0. The molecule has 2 heterocycles. The summed E-state index contributed by atoms with van der Waals surface area (Å²) in [5, 5.41) is 0. The highest BCUT2D eigenvalue weighted by Crippen LogP contribution is 2.28. The summed E-state index contributed by atoms with van der Waals surface area (Å²) < 4.78 is 38.3. The maximum absolute atomic E-state index is 13.3. The molecule has 0 bridgehead atoms. The second-order valence-corrected chi connectivity index (χ2v) is 13.8. The first-order valence-electron chi connectivity index (χ1n) is 8.77. The lowest BCUT2D eigenvalue weighted by molar-refractivity contribution is -0.132. The molecule has 0 unspecified atom stereocenters. The van der Waals surface area contributed by atoms with Crippen LogP contribution < -0.4 is 10.2 Å². The van der Waals surface area contributed by atoms with E-state index < -0.39 is 30.3 Å². The summed E-state index contributed by atoms with van der Waals surface area (Å²) in [7, 11) is -4.44. The van der Waals surface area contributed by atoms with Gasteiger partial charge in [0.05, 0.1) is 36.3 Å². The number of nitrogens with zero attached hydrogens (tertiary/aromatic N) is 2. The van der Waals surface area contributed by atoms with Gasteiger partial charge >= 0.3 is 0 Å². The van der Waals surface area contributed by atoms with E-state index in [1.165, 1.54) is 29.9 Å². The first kappa shape index (κ1) is 20.5. The van der Waals surface area contributed by atoms with Crippen molar-refractivity contribution in [3.05, 3.63) is 42.0 Å². The Morgan fingerprint density at radius 3 is 2.57 bits per heavy atom. The van der Waals surface area contributed by atoms with Crippen molar-refractivity contribution >= 4 is 24.2 Å². The van der Waals surface area contributed by atoms with Crippen LogP contribution in [0.4, 0.5) is 0 Å². The Balaban J connectivity index is 1.93. The molecule has 9 nitrogen and oxygen atoms in total. The molecular formula is C17H24N4O5SSi. The summed E-state index contributed by atoms with van der Waals surface area (Å²) in [5.41, 5.74) is 3.79. The lowest BCUT2D eigenvalue weighted by Gasteiger charge is -2.33. The van der Waals surface area contributed by atoms with Gasteiger partial charge in [0.25, 0.3) is 5.91 Å². The third-order valence-corrected chi connectivity index (χ3v) is 6.87. The van der Waals surface area contributed by atoms with Gasteiger partial charge in [-0.3, -0.25) is 4.79 Å². The number of aromatic amines is 1. The maximum Gasteiger partial charge on any atom is 0.261 e. The number of aromatic nitrogens is 2. The van der Waals surface area contributed by atoms with Crippen LogP contribution in [0.1, 0.15) is 11.4 Å². The van der Waals surface area contributed by atoms with Crippen molar-refractivity contribution in [1.29, 1.82) is 0 Å². The molecule has 0 aliphatic carbocycles. The van der Waals surface area contributed by atoms with Crippen molar-refractivity contribution in [3.63, 3.8) is 0 Å². The number of fused-ring (bicyclic) bond motifs is 1. The third kappa shape index (κ3) is 4.27. The number of H-pyrrole nitrogens is 1. The fourth-order valence-electron chi connectivity index (χ4n) is 2.84. The van der Waals surface area contributed by atoms with Gasteiger partial charge in [-0.25, -0.2) is 18.9 Å². The monoisotopic (exact) mass is 424 g/mol. The number of sulfonamides is 1. The van der Waals surface area contributed by atoms with E-state index in [1.54, 1.807) is 12.1 Å². The molecule has 1 atom stereocenters. The molecule has 0 saturated heterocycles. The lowest BCUT2D eigenvalue weighted by atomic mass is 10.1. The van der Waals surface area contributed by atoms with Crippen molar-refractivity contribution in [1.82, 2.24) is 19.8 Å². The van der Waals surface area contributed by atoms with Crippen LogP contribution in [0.15, 0.2) is 35.5 Å². The molecule has 152 valence electrons. The predicted molar refractivity (Wildman–Crippen MR) is 104 cm³/mol. The number of hydrogen-bond acceptors (Lipinski definition) is 6. The fraction of sp³-hybridized carbons (Fsp3) is 0.412. The Morgan fingerprint density at radius 2 is 1.96 bits per heavy atom. The maximum atomic E-state index is 13.3. The number of rotatable bonds is 6. The van der Waals surface area contributed by atoms with E-state index in [-0.39, 0.29) is 17.9 Å². The van der Waals surface area contributed by atoms with Crippen LogP contribution in [0, 0.1) is 0 Å². The highest BCUT2D eigenvalue weighted by atomic mass is 32.2. The molecular weight excluding hydrogens is 400 g/mol. The van der Waals surface area contributed by atoms with Crippen molar-refractivity contribution in [3.8, 4) is 5.75 Å². The van der Waals surface area contributed by atoms with Crippen molar-refractivity contribution in [2.24, 2.45) is 0 Å². The van der Waals surface area contributed by atoms with Gasteiger partial charge < -0.3 is 14.2 Å². The number of benzene rings is 1. The van der Waals surface area contributed by atoms with Gasteiger partial charge in [-0.1, -0.05) is 0 Å². The Morgan fingerprint density at radius 1 is 1.29 bits per heavy atom. The molecule has 3 rings (SSSR count). The second kappa shape index (κ2) is 7.66. The van der Waals surface area contributed by atoms with Crippen molar-refractivity contribution in [2.45, 2.75) is 43.5 Å². The molecule has 2 aromatic rings. The van der Waals surface area contributed by atoms with Gasteiger partial charge in [0.2, 0.25) is 18.3 Å². The van der Waals surface area contributed by atoms with Crippen LogP contribution >= 0.6 is 0 Å². The first-order chi connectivity index (χ1) is 13.1. The summed E-state index contributed by atoms with van der Waals surface area (Å²) in [6.45, 7) is 5.79. The molecule has 0 fully saturated rings. The summed E-state index contributed by atoms with van der Waals surface area (Å²) in [6.07, 6.45) is 1.66. The lowest BCUT2D eigenvalue weighted by Crippen LogP contribution is -2.53. The van der Waals surface area contributed by atoms with E-state index in [2.05, 4.69) is 15.4 Å². The average Bonchev–Trinajstić information content (AvgIpc) is 3.12. The first-order valence-corrected chi connectivity index (χ1v) is 13.6. The highest BCUT2D eigenvalue weighted by Gasteiger charge is 2.41. The zero-order valence-corrected chi connectivity index (χ0v) is 18.0. The minimum Gasteiger partial charge on any atom is -0.497 e. The number of methoxy groups -OCH3 is 1. The van der Waals surface area contributed by atoms with E-state index in [9.17, 15) is 13.2 Å². The van der Waals surface area contributed by atoms with Gasteiger partial charge in [0.1, 0.15) is 11.8 Å². The highest BCUT2D eigenvalue weighted by molar-refractivity contribution is 7.89. The molecule has 1 aromatic heterocycles. The second-order valence-electron chi connectivity index (χ2n) is 7.45. The molecule has 1 aliphatic heterocycles. The minimum atomic E-state index is -3.93. The van der Waals surface area contributed by atoms with E-state index in [0.717, 1.165) is 0 Å². The summed E-state index contributed by atoms with van der Waals surface area (Å²) in [5.74, 6) is 0.0411. The van der Waals surface area contributed by atoms with Gasteiger partial charge in [0.15, 0.2) is 0 Å². The molecule has 28 heavy (non-hydrogen) atoms. The number of hydrogen-bond donors (Lipinski definition) is 2. The third-order valence-electron chi connectivity index (χ3n) is 4.28. The van der Waals surface area contributed by atoms with Gasteiger partial charge in [0, 0.05) is 6.42 Å². The van der Waals surface area contributed by atoms with Crippen molar-refractivity contribution in [2.75, 3.05) is 7.11 Å². The van der Waals surface area contributed by atoms with Gasteiger partial charge in [-0.15, -0.1) is 0 Å². The van der Waals surface area contributed by atoms with Crippen LogP contribution in [0.3, 0.4) is 0 Å². The Bertz CT molecular complexity index is 953. The Kier molecular flexibility index (Phi) is 5.61. The van der Waals surface area contributed by atoms with Crippen LogP contribution in [0.5, 0.6) is 5.75 Å². The molecule has 0 saturated carbocycles. The number of carbonyl (C=O) groups excluding carboxylic acids is 1. The largest absolute Gasteiger partial charge is 0.497 e. The van der Waals surface area contributed by atoms with E-state index >= 15 is 0 Å². The minimum absolute atomic E-state index is 0.0225. The fourth-order valence-corrected chi connectivity index (χ4v) is 4.81. The topological polar surface area (TPSA) is 114 Å².